The van der Waals surface area contributed by atoms with Gasteiger partial charge in [-0.15, -0.1) is 0 Å². The average molecular weight is 373 g/mol. The van der Waals surface area contributed by atoms with Crippen LogP contribution in [0.3, 0.4) is 0 Å². The lowest BCUT2D eigenvalue weighted by molar-refractivity contribution is -0.147. The molecule has 0 bridgehead atoms. The number of hydrogen-bond donors (Lipinski definition) is 2. The third-order valence-electron chi connectivity index (χ3n) is 4.50. The minimum absolute atomic E-state index is 0.237. The first kappa shape index (κ1) is 18.0. The molecule has 0 aliphatic heterocycles. The van der Waals surface area contributed by atoms with E-state index in [-0.39, 0.29) is 11.0 Å². The number of hydrogen-bond acceptors (Lipinski definition) is 5. The number of aromatic nitrogens is 1. The number of carbonyl (C=O) groups excluding carboxylic acids is 1. The van der Waals surface area contributed by atoms with Crippen LogP contribution in [0.1, 0.15) is 30.6 Å². The number of nitrogens with zero attached hydrogens (tertiary/aromatic N) is 2. The number of halogens is 1. The van der Waals surface area contributed by atoms with Crippen molar-refractivity contribution in [2.45, 2.75) is 25.7 Å². The zero-order chi connectivity index (χ0) is 18.7. The molecule has 8 heteroatoms. The highest BCUT2D eigenvalue weighted by molar-refractivity contribution is 7.16. The molecule has 2 N–H and O–H groups in total. The molecule has 6 nitrogen and oxygen atoms in total. The van der Waals surface area contributed by atoms with Crippen molar-refractivity contribution in [1.29, 1.82) is 5.26 Å². The second-order valence-electron chi connectivity index (χ2n) is 6.14. The molecule has 1 saturated carbocycles. The molecule has 0 radical (unpaired) electrons. The first-order valence-corrected chi connectivity index (χ1v) is 9.01. The lowest BCUT2D eigenvalue weighted by Crippen LogP contribution is -2.36. The van der Waals surface area contributed by atoms with Gasteiger partial charge in [-0.2, -0.15) is 5.26 Å². The third-order valence-corrected chi connectivity index (χ3v) is 5.37. The largest absolute Gasteiger partial charge is 0.481 e. The summed E-state index contributed by atoms with van der Waals surface area (Å²) in [5, 5.41) is 21.5. The molecule has 1 heterocycles. The molecule has 0 saturated heterocycles. The van der Waals surface area contributed by atoms with Crippen LogP contribution in [0.15, 0.2) is 24.3 Å². The molecule has 1 aliphatic carbocycles. The van der Waals surface area contributed by atoms with E-state index in [9.17, 15) is 24.3 Å². The van der Waals surface area contributed by atoms with E-state index in [2.05, 4.69) is 10.3 Å². The van der Waals surface area contributed by atoms with Crippen LogP contribution in [-0.2, 0) is 9.59 Å². The zero-order valence-corrected chi connectivity index (χ0v) is 14.6. The molecule has 134 valence electrons. The van der Waals surface area contributed by atoms with Gasteiger partial charge in [-0.1, -0.05) is 24.2 Å². The summed E-state index contributed by atoms with van der Waals surface area (Å²) in [5.41, 5.74) is 0.937. The maximum Gasteiger partial charge on any atom is 0.307 e. The van der Waals surface area contributed by atoms with Crippen molar-refractivity contribution in [1.82, 2.24) is 4.98 Å². The highest BCUT2D eigenvalue weighted by atomic mass is 32.1. The number of carboxylic acid groups (broad SMARTS) is 1. The molecule has 1 fully saturated rings. The van der Waals surface area contributed by atoms with Gasteiger partial charge in [-0.25, -0.2) is 9.37 Å². The van der Waals surface area contributed by atoms with Crippen molar-refractivity contribution < 1.29 is 19.1 Å². The Morgan fingerprint density at radius 1 is 1.23 bits per heavy atom. The summed E-state index contributed by atoms with van der Waals surface area (Å²) in [7, 11) is 0. The van der Waals surface area contributed by atoms with Gasteiger partial charge in [0.05, 0.1) is 11.8 Å². The lowest BCUT2D eigenvalue weighted by atomic mass is 9.79. The number of benzene rings is 1. The van der Waals surface area contributed by atoms with E-state index in [4.69, 9.17) is 0 Å². The van der Waals surface area contributed by atoms with Crippen molar-refractivity contribution >= 4 is 28.3 Å². The molecule has 2 atom stereocenters. The Kier molecular flexibility index (Phi) is 5.28. The molecule has 1 amide bonds. The topological polar surface area (TPSA) is 103 Å². The van der Waals surface area contributed by atoms with Crippen LogP contribution in [0, 0.1) is 29.0 Å². The summed E-state index contributed by atoms with van der Waals surface area (Å²) >= 11 is 1.02. The molecular weight excluding hydrogens is 357 g/mol. The van der Waals surface area contributed by atoms with Crippen molar-refractivity contribution in [3.8, 4) is 17.3 Å². The van der Waals surface area contributed by atoms with Crippen molar-refractivity contribution in [2.24, 2.45) is 11.8 Å². The maximum atomic E-state index is 13.1. The average Bonchev–Trinajstić information content (AvgIpc) is 3.05. The Balaban J connectivity index is 1.82. The monoisotopic (exact) mass is 373 g/mol. The second-order valence-corrected chi connectivity index (χ2v) is 7.14. The van der Waals surface area contributed by atoms with E-state index in [0.717, 1.165) is 24.2 Å². The molecular formula is C18H16FN3O3S. The Morgan fingerprint density at radius 2 is 1.88 bits per heavy atom. The Morgan fingerprint density at radius 3 is 2.50 bits per heavy atom. The number of amides is 1. The maximum absolute atomic E-state index is 13.1. The summed E-state index contributed by atoms with van der Waals surface area (Å²) in [5.74, 6) is -3.05. The number of rotatable bonds is 4. The van der Waals surface area contributed by atoms with Gasteiger partial charge < -0.3 is 10.4 Å². The highest BCUT2D eigenvalue weighted by Gasteiger charge is 2.36. The van der Waals surface area contributed by atoms with Gasteiger partial charge in [-0.3, -0.25) is 9.59 Å². The number of carbonyl (C=O) groups is 2. The van der Waals surface area contributed by atoms with E-state index in [1.165, 1.54) is 24.3 Å². The van der Waals surface area contributed by atoms with Gasteiger partial charge in [-0.05, 0) is 37.1 Å². The standard InChI is InChI=1S/C18H16FN3O3S/c19-11-7-5-10(6-8-11)15-14(9-20)26-18(21-15)22-16(23)12-3-1-2-4-13(12)17(24)25/h5-8,12-13H,1-4H2,(H,24,25)(H,21,22,23)/t12-,13+/m1/s1. The van der Waals surface area contributed by atoms with E-state index in [1.54, 1.807) is 0 Å². The van der Waals surface area contributed by atoms with Crippen molar-refractivity contribution in [2.75, 3.05) is 5.32 Å². The van der Waals surface area contributed by atoms with E-state index in [0.29, 0.717) is 29.0 Å². The molecule has 2 aromatic rings. The summed E-state index contributed by atoms with van der Waals surface area (Å²) in [6.07, 6.45) is 2.61. The SMILES string of the molecule is N#Cc1sc(NC(=O)[C@@H]2CCCC[C@@H]2C(=O)O)nc1-c1ccc(F)cc1. The van der Waals surface area contributed by atoms with E-state index >= 15 is 0 Å². The first-order chi connectivity index (χ1) is 12.5. The predicted molar refractivity (Wildman–Crippen MR) is 93.9 cm³/mol. The molecule has 0 spiro atoms. The van der Waals surface area contributed by atoms with Gasteiger partial charge in [0.1, 0.15) is 22.5 Å². The molecule has 26 heavy (non-hydrogen) atoms. The molecule has 1 aromatic heterocycles. The van der Waals surface area contributed by atoms with Gasteiger partial charge in [0.15, 0.2) is 5.13 Å². The van der Waals surface area contributed by atoms with Crippen LogP contribution in [0.4, 0.5) is 9.52 Å². The van der Waals surface area contributed by atoms with Gasteiger partial charge in [0.25, 0.3) is 0 Å². The quantitative estimate of drug-likeness (QED) is 0.851. The molecule has 0 unspecified atom stereocenters. The summed E-state index contributed by atoms with van der Waals surface area (Å²) in [6.45, 7) is 0. The summed E-state index contributed by atoms with van der Waals surface area (Å²) in [6, 6.07) is 7.59. The van der Waals surface area contributed by atoms with Gasteiger partial charge in [0, 0.05) is 5.56 Å². The number of aliphatic carboxylic acids is 1. The number of carboxylic acids is 1. The number of nitrogens with one attached hydrogen (secondary N) is 1. The first-order valence-electron chi connectivity index (χ1n) is 8.20. The van der Waals surface area contributed by atoms with E-state index < -0.39 is 23.6 Å². The normalized spacial score (nSPS) is 19.5. The summed E-state index contributed by atoms with van der Waals surface area (Å²) < 4.78 is 13.1. The Bertz CT molecular complexity index is 873. The number of thiazole rings is 1. The van der Waals surface area contributed by atoms with Gasteiger partial charge in [0.2, 0.25) is 5.91 Å². The van der Waals surface area contributed by atoms with Gasteiger partial charge >= 0.3 is 5.97 Å². The van der Waals surface area contributed by atoms with Crippen molar-refractivity contribution in [3.63, 3.8) is 0 Å². The second kappa shape index (κ2) is 7.62. The molecule has 1 aliphatic rings. The highest BCUT2D eigenvalue weighted by Crippen LogP contribution is 2.34. The number of anilines is 1. The smallest absolute Gasteiger partial charge is 0.307 e. The predicted octanol–water partition coefficient (Wildman–Crippen LogP) is 3.65. The van der Waals surface area contributed by atoms with Crippen molar-refractivity contribution in [3.05, 3.63) is 35.0 Å². The Hall–Kier alpha value is -2.79. The van der Waals surface area contributed by atoms with Crippen LogP contribution in [0.5, 0.6) is 0 Å². The third kappa shape index (κ3) is 3.73. The fourth-order valence-corrected chi connectivity index (χ4v) is 3.98. The van der Waals surface area contributed by atoms with E-state index in [1.807, 2.05) is 6.07 Å². The zero-order valence-electron chi connectivity index (χ0n) is 13.7. The lowest BCUT2D eigenvalue weighted by Gasteiger charge is -2.26. The number of nitriles is 1. The van der Waals surface area contributed by atoms with Crippen LogP contribution >= 0.6 is 11.3 Å². The Labute approximate surface area is 153 Å². The minimum Gasteiger partial charge on any atom is -0.481 e. The fourth-order valence-electron chi connectivity index (χ4n) is 3.19. The minimum atomic E-state index is -0.964. The van der Waals surface area contributed by atoms with Crippen LogP contribution in [0.2, 0.25) is 0 Å². The van der Waals surface area contributed by atoms with Crippen LogP contribution in [0.25, 0.3) is 11.3 Å². The van der Waals surface area contributed by atoms with Crippen LogP contribution < -0.4 is 5.32 Å². The fraction of sp³-hybridized carbons (Fsp3) is 0.333. The molecule has 1 aromatic carbocycles. The summed E-state index contributed by atoms with van der Waals surface area (Å²) in [4.78, 5) is 28.5. The molecule has 3 rings (SSSR count). The van der Waals surface area contributed by atoms with Crippen LogP contribution in [-0.4, -0.2) is 22.0 Å².